The van der Waals surface area contributed by atoms with E-state index in [-0.39, 0.29) is 17.0 Å². The number of aromatic nitrogens is 3. The molecule has 0 spiro atoms. The molecule has 0 unspecified atom stereocenters. The number of nitrogens with zero attached hydrogens (tertiary/aromatic N) is 2. The van der Waals surface area contributed by atoms with Gasteiger partial charge in [-0.15, -0.1) is 0 Å². The van der Waals surface area contributed by atoms with E-state index in [4.69, 9.17) is 4.52 Å². The van der Waals surface area contributed by atoms with Crippen molar-refractivity contribution in [3.8, 4) is 11.3 Å². The molecule has 0 saturated heterocycles. The van der Waals surface area contributed by atoms with Gasteiger partial charge in [-0.3, -0.25) is 14.9 Å². The summed E-state index contributed by atoms with van der Waals surface area (Å²) in [5.41, 5.74) is 2.47. The minimum absolute atomic E-state index is 0.215. The molecule has 4 aromatic rings. The Hall–Kier alpha value is -3.61. The van der Waals surface area contributed by atoms with Crippen molar-refractivity contribution in [3.63, 3.8) is 0 Å². The van der Waals surface area contributed by atoms with Crippen LogP contribution < -0.4 is 10.9 Å². The molecule has 7 heteroatoms. The maximum absolute atomic E-state index is 12.2. The van der Waals surface area contributed by atoms with Crippen molar-refractivity contribution in [1.29, 1.82) is 0 Å². The first-order valence-corrected chi connectivity index (χ1v) is 7.62. The second kappa shape index (κ2) is 5.79. The Labute approximate surface area is 141 Å². The van der Waals surface area contributed by atoms with Crippen LogP contribution in [0.1, 0.15) is 10.4 Å². The summed E-state index contributed by atoms with van der Waals surface area (Å²) in [6, 6.07) is 12.3. The highest BCUT2D eigenvalue weighted by molar-refractivity contribution is 6.03. The lowest BCUT2D eigenvalue weighted by Crippen LogP contribution is -2.19. The number of amides is 1. The van der Waals surface area contributed by atoms with Crippen molar-refractivity contribution in [1.82, 2.24) is 14.7 Å². The van der Waals surface area contributed by atoms with E-state index in [0.29, 0.717) is 5.69 Å². The van der Waals surface area contributed by atoms with Crippen molar-refractivity contribution in [3.05, 3.63) is 70.8 Å². The van der Waals surface area contributed by atoms with Crippen molar-refractivity contribution in [2.24, 2.45) is 7.05 Å². The summed E-state index contributed by atoms with van der Waals surface area (Å²) in [6.07, 6.45) is 3.40. The molecule has 0 radical (unpaired) electrons. The standard InChI is InChI=1S/C18H14N4O3/c1-22-7-5-13(9-17(22)23)18(24)20-16-10-15(21-25-16)12-3-2-11-4-6-19-14(11)8-12/h2-10,19H,1H3,(H,20,24). The fourth-order valence-electron chi connectivity index (χ4n) is 2.55. The van der Waals surface area contributed by atoms with Crippen molar-refractivity contribution in [2.45, 2.75) is 0 Å². The van der Waals surface area contributed by atoms with Crippen LogP contribution in [0.25, 0.3) is 22.2 Å². The van der Waals surface area contributed by atoms with Gasteiger partial charge in [0.25, 0.3) is 11.5 Å². The number of aryl methyl sites for hydroxylation is 1. The van der Waals surface area contributed by atoms with Gasteiger partial charge in [-0.1, -0.05) is 17.3 Å². The molecule has 1 amide bonds. The summed E-state index contributed by atoms with van der Waals surface area (Å²) in [6.45, 7) is 0. The molecule has 2 N–H and O–H groups in total. The molecule has 0 bridgehead atoms. The summed E-state index contributed by atoms with van der Waals surface area (Å²) >= 11 is 0. The predicted octanol–water partition coefficient (Wildman–Crippen LogP) is 2.77. The lowest BCUT2D eigenvalue weighted by molar-refractivity contribution is 0.102. The van der Waals surface area contributed by atoms with Gasteiger partial charge in [0.15, 0.2) is 0 Å². The third kappa shape index (κ3) is 2.83. The summed E-state index contributed by atoms with van der Waals surface area (Å²) in [7, 11) is 1.62. The van der Waals surface area contributed by atoms with Gasteiger partial charge < -0.3 is 14.1 Å². The third-order valence-corrected chi connectivity index (χ3v) is 3.96. The number of fused-ring (bicyclic) bond motifs is 1. The third-order valence-electron chi connectivity index (χ3n) is 3.96. The van der Waals surface area contributed by atoms with Crippen molar-refractivity contribution < 1.29 is 9.32 Å². The van der Waals surface area contributed by atoms with E-state index < -0.39 is 5.91 Å². The first kappa shape index (κ1) is 14.9. The number of H-pyrrole nitrogens is 1. The molecule has 0 saturated carbocycles. The molecule has 4 rings (SSSR count). The van der Waals surface area contributed by atoms with Crippen LogP contribution in [-0.2, 0) is 7.05 Å². The highest BCUT2D eigenvalue weighted by Gasteiger charge is 2.12. The average Bonchev–Trinajstić information content (AvgIpc) is 3.25. The normalized spacial score (nSPS) is 10.9. The second-order valence-corrected chi connectivity index (χ2v) is 5.67. The average molecular weight is 334 g/mol. The highest BCUT2D eigenvalue weighted by Crippen LogP contribution is 2.25. The fourth-order valence-corrected chi connectivity index (χ4v) is 2.55. The number of hydrogen-bond donors (Lipinski definition) is 2. The maximum atomic E-state index is 12.2. The zero-order chi connectivity index (χ0) is 17.4. The molecule has 7 nitrogen and oxygen atoms in total. The zero-order valence-electron chi connectivity index (χ0n) is 13.3. The first-order valence-electron chi connectivity index (χ1n) is 7.62. The van der Waals surface area contributed by atoms with E-state index in [0.717, 1.165) is 16.5 Å². The molecule has 0 aliphatic rings. The minimum atomic E-state index is -0.430. The molecule has 0 aliphatic heterocycles. The number of aromatic amines is 1. The Bertz CT molecular complexity index is 1140. The van der Waals surface area contributed by atoms with Crippen LogP contribution in [0.5, 0.6) is 0 Å². The maximum Gasteiger partial charge on any atom is 0.258 e. The number of anilines is 1. The molecule has 3 aromatic heterocycles. The van der Waals surface area contributed by atoms with E-state index in [1.807, 2.05) is 30.5 Å². The molecule has 124 valence electrons. The number of carbonyl (C=O) groups excluding carboxylic acids is 1. The molecular formula is C18H14N4O3. The SMILES string of the molecule is Cn1ccc(C(=O)Nc2cc(-c3ccc4cc[nH]c4c3)no2)cc1=O. The molecule has 3 heterocycles. The Morgan fingerprint density at radius 2 is 2.08 bits per heavy atom. The van der Waals surface area contributed by atoms with Crippen LogP contribution in [0.15, 0.2) is 64.2 Å². The molecule has 25 heavy (non-hydrogen) atoms. The lowest BCUT2D eigenvalue weighted by atomic mass is 10.1. The van der Waals surface area contributed by atoms with Crippen LogP contribution in [0, 0.1) is 0 Å². The summed E-state index contributed by atoms with van der Waals surface area (Å²) in [5, 5.41) is 7.69. The van der Waals surface area contributed by atoms with Gasteiger partial charge in [0, 0.05) is 48.2 Å². The van der Waals surface area contributed by atoms with Crippen LogP contribution in [0.3, 0.4) is 0 Å². The topological polar surface area (TPSA) is 92.9 Å². The predicted molar refractivity (Wildman–Crippen MR) is 93.4 cm³/mol. The number of carbonyl (C=O) groups is 1. The van der Waals surface area contributed by atoms with Crippen LogP contribution >= 0.6 is 0 Å². The Kier molecular flexibility index (Phi) is 3.46. The van der Waals surface area contributed by atoms with Gasteiger partial charge in [-0.2, -0.15) is 0 Å². The number of benzene rings is 1. The quantitative estimate of drug-likeness (QED) is 0.602. The Morgan fingerprint density at radius 3 is 2.92 bits per heavy atom. The van der Waals surface area contributed by atoms with Gasteiger partial charge in [-0.25, -0.2) is 0 Å². The van der Waals surface area contributed by atoms with E-state index >= 15 is 0 Å². The smallest absolute Gasteiger partial charge is 0.258 e. The molecule has 1 aromatic carbocycles. The first-order chi connectivity index (χ1) is 12.1. The van der Waals surface area contributed by atoms with Gasteiger partial charge in [0.05, 0.1) is 0 Å². The minimum Gasteiger partial charge on any atom is -0.361 e. The molecule has 0 atom stereocenters. The van der Waals surface area contributed by atoms with Gasteiger partial charge >= 0.3 is 0 Å². The summed E-state index contributed by atoms with van der Waals surface area (Å²) in [4.78, 5) is 27.0. The van der Waals surface area contributed by atoms with Crippen molar-refractivity contribution in [2.75, 3.05) is 5.32 Å². The fraction of sp³-hybridized carbons (Fsp3) is 0.0556. The summed E-state index contributed by atoms with van der Waals surface area (Å²) in [5.74, 6) is -0.215. The Balaban J connectivity index is 1.57. The summed E-state index contributed by atoms with van der Waals surface area (Å²) < 4.78 is 6.57. The van der Waals surface area contributed by atoms with E-state index in [2.05, 4.69) is 15.5 Å². The van der Waals surface area contributed by atoms with E-state index in [1.165, 1.54) is 16.8 Å². The zero-order valence-corrected chi connectivity index (χ0v) is 13.3. The Morgan fingerprint density at radius 1 is 1.20 bits per heavy atom. The van der Waals surface area contributed by atoms with E-state index in [1.54, 1.807) is 19.2 Å². The molecule has 0 fully saturated rings. The van der Waals surface area contributed by atoms with Gasteiger partial charge in [-0.05, 0) is 23.6 Å². The van der Waals surface area contributed by atoms with Crippen LogP contribution in [0.4, 0.5) is 5.88 Å². The second-order valence-electron chi connectivity index (χ2n) is 5.67. The highest BCUT2D eigenvalue weighted by atomic mass is 16.5. The number of pyridine rings is 1. The largest absolute Gasteiger partial charge is 0.361 e. The van der Waals surface area contributed by atoms with Crippen LogP contribution in [-0.4, -0.2) is 20.6 Å². The number of rotatable bonds is 3. The van der Waals surface area contributed by atoms with Gasteiger partial charge in [0.2, 0.25) is 5.88 Å². The number of hydrogen-bond acceptors (Lipinski definition) is 4. The molecular weight excluding hydrogens is 320 g/mol. The van der Waals surface area contributed by atoms with E-state index in [9.17, 15) is 9.59 Å². The lowest BCUT2D eigenvalue weighted by Gasteiger charge is -2.01. The molecule has 0 aliphatic carbocycles. The monoisotopic (exact) mass is 334 g/mol. The van der Waals surface area contributed by atoms with Crippen LogP contribution in [0.2, 0.25) is 0 Å². The number of nitrogens with one attached hydrogen (secondary N) is 2. The van der Waals surface area contributed by atoms with Gasteiger partial charge in [0.1, 0.15) is 5.69 Å². The van der Waals surface area contributed by atoms with Crippen molar-refractivity contribution >= 4 is 22.7 Å².